The molecule has 4 nitrogen and oxygen atoms in total. The largest absolute Gasteiger partial charge is 0.273 e. The third-order valence-electron chi connectivity index (χ3n) is 2.83. The topological polar surface area (TPSA) is 58.2 Å². The van der Waals surface area contributed by atoms with E-state index in [9.17, 15) is 14.0 Å². The minimum absolute atomic E-state index is 0.247. The molecule has 0 atom stereocenters. The van der Waals surface area contributed by atoms with E-state index in [0.29, 0.717) is 10.8 Å². The summed E-state index contributed by atoms with van der Waals surface area (Å²) in [6, 6.07) is 12.4. The predicted octanol–water partition coefficient (Wildman–Crippen LogP) is 3.42. The maximum absolute atomic E-state index is 12.8. The molecule has 0 aromatic heterocycles. The number of hydrazine groups is 1. The van der Waals surface area contributed by atoms with Gasteiger partial charge in [0, 0.05) is 27.7 Å². The fourth-order valence-electron chi connectivity index (χ4n) is 1.65. The Morgan fingerprint density at radius 1 is 1.00 bits per heavy atom. The number of thioether (sulfide) groups is 1. The molecule has 2 N–H and O–H groups in total. The Bertz CT molecular complexity index is 677. The van der Waals surface area contributed by atoms with E-state index in [0.717, 1.165) is 4.90 Å². The summed E-state index contributed by atoms with van der Waals surface area (Å²) < 4.78 is 12.8. The minimum Gasteiger partial charge on any atom is -0.273 e. The first-order chi connectivity index (χ1) is 11.0. The average molecular weight is 353 g/mol. The molecule has 0 aliphatic rings. The lowest BCUT2D eigenvalue weighted by Gasteiger charge is -2.07. The quantitative estimate of drug-likeness (QED) is 0.640. The number of rotatable bonds is 5. The van der Waals surface area contributed by atoms with Gasteiger partial charge >= 0.3 is 0 Å². The van der Waals surface area contributed by atoms with Gasteiger partial charge in [-0.1, -0.05) is 11.6 Å². The van der Waals surface area contributed by atoms with E-state index in [1.807, 2.05) is 12.1 Å². The second-order valence-electron chi connectivity index (χ2n) is 4.56. The number of amides is 2. The van der Waals surface area contributed by atoms with Crippen LogP contribution in [0.1, 0.15) is 16.8 Å². The monoisotopic (exact) mass is 352 g/mol. The lowest BCUT2D eigenvalue weighted by Crippen LogP contribution is -2.41. The summed E-state index contributed by atoms with van der Waals surface area (Å²) in [7, 11) is 0. The van der Waals surface area contributed by atoms with Gasteiger partial charge in [-0.15, -0.1) is 11.8 Å². The third kappa shape index (κ3) is 5.92. The van der Waals surface area contributed by atoms with Crippen LogP contribution in [0.3, 0.4) is 0 Å². The van der Waals surface area contributed by atoms with Gasteiger partial charge in [-0.2, -0.15) is 0 Å². The van der Waals surface area contributed by atoms with Gasteiger partial charge in [-0.05, 0) is 48.5 Å². The van der Waals surface area contributed by atoms with Crippen LogP contribution in [0, 0.1) is 5.82 Å². The molecule has 23 heavy (non-hydrogen) atoms. The van der Waals surface area contributed by atoms with Crippen molar-refractivity contribution in [2.75, 3.05) is 5.75 Å². The Morgan fingerprint density at radius 3 is 2.30 bits per heavy atom. The van der Waals surface area contributed by atoms with E-state index < -0.39 is 11.7 Å². The normalized spacial score (nSPS) is 10.2. The second kappa shape index (κ2) is 8.55. The molecule has 0 aliphatic carbocycles. The molecular formula is C16H14ClFN2O2S. The van der Waals surface area contributed by atoms with E-state index >= 15 is 0 Å². The smallest absolute Gasteiger partial charge is 0.269 e. The zero-order valence-electron chi connectivity index (χ0n) is 12.0. The molecule has 0 unspecified atom stereocenters. The fraction of sp³-hybridized carbons (Fsp3) is 0.125. The van der Waals surface area contributed by atoms with Crippen LogP contribution in [0.2, 0.25) is 5.02 Å². The molecule has 0 saturated carbocycles. The molecule has 2 rings (SSSR count). The summed E-state index contributed by atoms with van der Waals surface area (Å²) in [6.07, 6.45) is 0.247. The highest BCUT2D eigenvalue weighted by Crippen LogP contribution is 2.20. The van der Waals surface area contributed by atoms with Crippen molar-refractivity contribution in [2.24, 2.45) is 0 Å². The van der Waals surface area contributed by atoms with Crippen LogP contribution < -0.4 is 10.9 Å². The van der Waals surface area contributed by atoms with Crippen LogP contribution in [-0.4, -0.2) is 17.6 Å². The molecule has 120 valence electrons. The Balaban J connectivity index is 1.69. The summed E-state index contributed by atoms with van der Waals surface area (Å²) in [6.45, 7) is 0. The fourth-order valence-corrected chi connectivity index (χ4v) is 2.63. The summed E-state index contributed by atoms with van der Waals surface area (Å²) in [5, 5.41) is 0.663. The minimum atomic E-state index is -0.497. The SMILES string of the molecule is O=C(CCSc1ccc(Cl)cc1)NNC(=O)c1ccc(F)cc1. The highest BCUT2D eigenvalue weighted by molar-refractivity contribution is 7.99. The molecule has 0 spiro atoms. The Labute approximate surface area is 142 Å². The van der Waals surface area contributed by atoms with Gasteiger partial charge in [-0.25, -0.2) is 4.39 Å². The van der Waals surface area contributed by atoms with Gasteiger partial charge in [-0.3, -0.25) is 20.4 Å². The van der Waals surface area contributed by atoms with Crippen LogP contribution in [0.5, 0.6) is 0 Å². The molecule has 0 bridgehead atoms. The van der Waals surface area contributed by atoms with Crippen LogP contribution >= 0.6 is 23.4 Å². The Morgan fingerprint density at radius 2 is 1.65 bits per heavy atom. The first kappa shape index (κ1) is 17.3. The van der Waals surface area contributed by atoms with E-state index in [4.69, 9.17) is 11.6 Å². The average Bonchev–Trinajstić information content (AvgIpc) is 2.55. The Kier molecular flexibility index (Phi) is 6.43. The number of benzene rings is 2. The molecule has 0 aliphatic heterocycles. The highest BCUT2D eigenvalue weighted by Gasteiger charge is 2.07. The van der Waals surface area contributed by atoms with Gasteiger partial charge in [0.15, 0.2) is 0 Å². The molecule has 0 radical (unpaired) electrons. The van der Waals surface area contributed by atoms with Crippen LogP contribution in [0.25, 0.3) is 0 Å². The molecule has 0 heterocycles. The Hall–Kier alpha value is -2.05. The number of nitrogens with one attached hydrogen (secondary N) is 2. The molecule has 0 fully saturated rings. The first-order valence-electron chi connectivity index (χ1n) is 6.78. The zero-order valence-corrected chi connectivity index (χ0v) is 13.6. The lowest BCUT2D eigenvalue weighted by atomic mass is 10.2. The van der Waals surface area contributed by atoms with E-state index in [-0.39, 0.29) is 17.9 Å². The van der Waals surface area contributed by atoms with Crippen molar-refractivity contribution in [3.63, 3.8) is 0 Å². The number of carbonyl (C=O) groups is 2. The number of carbonyl (C=O) groups excluding carboxylic acids is 2. The van der Waals surface area contributed by atoms with Crippen molar-refractivity contribution in [3.05, 3.63) is 64.9 Å². The molecular weight excluding hydrogens is 339 g/mol. The van der Waals surface area contributed by atoms with Gasteiger partial charge in [0.1, 0.15) is 5.82 Å². The van der Waals surface area contributed by atoms with Crippen LogP contribution in [0.15, 0.2) is 53.4 Å². The van der Waals surface area contributed by atoms with E-state index in [2.05, 4.69) is 10.9 Å². The molecule has 2 amide bonds. The van der Waals surface area contributed by atoms with Crippen molar-refractivity contribution >= 4 is 35.2 Å². The maximum Gasteiger partial charge on any atom is 0.269 e. The second-order valence-corrected chi connectivity index (χ2v) is 6.17. The van der Waals surface area contributed by atoms with E-state index in [1.165, 1.54) is 36.0 Å². The number of hydrogen-bond donors (Lipinski definition) is 2. The van der Waals surface area contributed by atoms with Gasteiger partial charge in [0.05, 0.1) is 0 Å². The molecule has 2 aromatic carbocycles. The highest BCUT2D eigenvalue weighted by atomic mass is 35.5. The van der Waals surface area contributed by atoms with E-state index in [1.54, 1.807) is 12.1 Å². The number of hydrogen-bond acceptors (Lipinski definition) is 3. The van der Waals surface area contributed by atoms with Crippen molar-refractivity contribution in [1.82, 2.24) is 10.9 Å². The maximum atomic E-state index is 12.8. The summed E-state index contributed by atoms with van der Waals surface area (Å²) in [5.41, 5.74) is 4.88. The summed E-state index contributed by atoms with van der Waals surface area (Å²) in [5.74, 6) is -0.657. The van der Waals surface area contributed by atoms with Gasteiger partial charge < -0.3 is 0 Å². The van der Waals surface area contributed by atoms with Gasteiger partial charge in [0.2, 0.25) is 5.91 Å². The van der Waals surface area contributed by atoms with Crippen molar-refractivity contribution in [2.45, 2.75) is 11.3 Å². The summed E-state index contributed by atoms with van der Waals surface area (Å²) in [4.78, 5) is 24.4. The van der Waals surface area contributed by atoms with Crippen molar-refractivity contribution < 1.29 is 14.0 Å². The predicted molar refractivity (Wildman–Crippen MR) is 88.8 cm³/mol. The van der Waals surface area contributed by atoms with Crippen LogP contribution in [0.4, 0.5) is 4.39 Å². The van der Waals surface area contributed by atoms with Crippen LogP contribution in [-0.2, 0) is 4.79 Å². The number of halogens is 2. The van der Waals surface area contributed by atoms with Crippen molar-refractivity contribution in [1.29, 1.82) is 0 Å². The van der Waals surface area contributed by atoms with Gasteiger partial charge in [0.25, 0.3) is 5.91 Å². The lowest BCUT2D eigenvalue weighted by molar-refractivity contribution is -0.121. The zero-order chi connectivity index (χ0) is 16.7. The summed E-state index contributed by atoms with van der Waals surface area (Å²) >= 11 is 7.31. The standard InChI is InChI=1S/C16H14ClFN2O2S/c17-12-3-7-14(8-4-12)23-10-9-15(21)19-20-16(22)11-1-5-13(18)6-2-11/h1-8H,9-10H2,(H,19,21)(H,20,22). The third-order valence-corrected chi connectivity index (χ3v) is 4.10. The molecule has 0 saturated heterocycles. The first-order valence-corrected chi connectivity index (χ1v) is 8.14. The van der Waals surface area contributed by atoms with Crippen molar-refractivity contribution in [3.8, 4) is 0 Å². The molecule has 2 aromatic rings. The molecule has 7 heteroatoms.